The predicted molar refractivity (Wildman–Crippen MR) is 75.9 cm³/mol. The lowest BCUT2D eigenvalue weighted by Crippen LogP contribution is -2.17. The van der Waals surface area contributed by atoms with Crippen LogP contribution in [0.3, 0.4) is 0 Å². The van der Waals surface area contributed by atoms with Gasteiger partial charge in [-0.25, -0.2) is 5.43 Å². The first-order chi connectivity index (χ1) is 10.1. The smallest absolute Gasteiger partial charge is 0.271 e. The molecular weight excluding hydrogens is 272 g/mol. The maximum Gasteiger partial charge on any atom is 0.271 e. The molecule has 0 saturated carbocycles. The standard InChI is InChI=1S/C14H14N4O3/c1-9-13(20)12(11(8-19)6-16-9)7-17-18-14(21)10-2-4-15-5-3-10/h2-7,19-20H,8H2,1H3,(H,18,21)/b17-7+. The highest BCUT2D eigenvalue weighted by atomic mass is 16.3. The fourth-order valence-electron chi connectivity index (χ4n) is 1.65. The molecule has 21 heavy (non-hydrogen) atoms. The molecular formula is C14H14N4O3. The van der Waals surface area contributed by atoms with Gasteiger partial charge < -0.3 is 10.2 Å². The molecule has 7 heteroatoms. The number of aliphatic hydroxyl groups excluding tert-OH is 1. The Bertz CT molecular complexity index is 671. The summed E-state index contributed by atoms with van der Waals surface area (Å²) in [7, 11) is 0. The molecule has 2 rings (SSSR count). The molecule has 3 N–H and O–H groups in total. The Morgan fingerprint density at radius 3 is 2.81 bits per heavy atom. The van der Waals surface area contributed by atoms with Crippen molar-refractivity contribution < 1.29 is 15.0 Å². The van der Waals surface area contributed by atoms with Gasteiger partial charge in [-0.3, -0.25) is 14.8 Å². The molecule has 0 aliphatic carbocycles. The lowest BCUT2D eigenvalue weighted by atomic mass is 10.1. The molecule has 0 atom stereocenters. The van der Waals surface area contributed by atoms with Crippen LogP contribution in [0.25, 0.3) is 0 Å². The molecule has 0 saturated heterocycles. The van der Waals surface area contributed by atoms with E-state index in [0.717, 1.165) is 0 Å². The van der Waals surface area contributed by atoms with Crippen LogP contribution >= 0.6 is 0 Å². The zero-order chi connectivity index (χ0) is 15.2. The molecule has 1 amide bonds. The number of hydrazone groups is 1. The third-order valence-corrected chi connectivity index (χ3v) is 2.83. The van der Waals surface area contributed by atoms with Crippen LogP contribution in [-0.4, -0.2) is 32.3 Å². The van der Waals surface area contributed by atoms with Crippen molar-refractivity contribution in [3.63, 3.8) is 0 Å². The zero-order valence-corrected chi connectivity index (χ0v) is 11.3. The van der Waals surface area contributed by atoms with Crippen LogP contribution in [0.1, 0.15) is 27.2 Å². The van der Waals surface area contributed by atoms with E-state index < -0.39 is 5.91 Å². The molecule has 0 aliphatic rings. The molecule has 108 valence electrons. The van der Waals surface area contributed by atoms with Gasteiger partial charge in [-0.1, -0.05) is 0 Å². The molecule has 0 bridgehead atoms. The number of hydrogen-bond donors (Lipinski definition) is 3. The summed E-state index contributed by atoms with van der Waals surface area (Å²) >= 11 is 0. The Morgan fingerprint density at radius 2 is 2.14 bits per heavy atom. The van der Waals surface area contributed by atoms with Crippen molar-refractivity contribution in [2.75, 3.05) is 0 Å². The molecule has 0 unspecified atom stereocenters. The van der Waals surface area contributed by atoms with Gasteiger partial charge >= 0.3 is 0 Å². The van der Waals surface area contributed by atoms with E-state index in [-0.39, 0.29) is 12.4 Å². The minimum atomic E-state index is -0.399. The van der Waals surface area contributed by atoms with Gasteiger partial charge in [0.1, 0.15) is 5.75 Å². The summed E-state index contributed by atoms with van der Waals surface area (Å²) in [4.78, 5) is 19.5. The number of carbonyl (C=O) groups is 1. The van der Waals surface area contributed by atoms with E-state index in [1.54, 1.807) is 19.1 Å². The van der Waals surface area contributed by atoms with Crippen molar-refractivity contribution in [2.24, 2.45) is 5.10 Å². The monoisotopic (exact) mass is 286 g/mol. The molecule has 0 aromatic carbocycles. The van der Waals surface area contributed by atoms with Gasteiger partial charge in [0, 0.05) is 35.3 Å². The highest BCUT2D eigenvalue weighted by Crippen LogP contribution is 2.21. The number of amides is 1. The van der Waals surface area contributed by atoms with Crippen LogP contribution in [0.2, 0.25) is 0 Å². The number of carbonyl (C=O) groups excluding carboxylic acids is 1. The molecule has 0 spiro atoms. The summed E-state index contributed by atoms with van der Waals surface area (Å²) < 4.78 is 0. The van der Waals surface area contributed by atoms with E-state index in [4.69, 9.17) is 0 Å². The van der Waals surface area contributed by atoms with Gasteiger partial charge in [0.05, 0.1) is 18.5 Å². The average Bonchev–Trinajstić information content (AvgIpc) is 2.52. The number of aliphatic hydroxyl groups is 1. The van der Waals surface area contributed by atoms with Gasteiger partial charge in [-0.2, -0.15) is 5.10 Å². The van der Waals surface area contributed by atoms with Crippen molar-refractivity contribution in [3.05, 3.63) is 53.1 Å². The Labute approximate surface area is 121 Å². The number of nitrogens with one attached hydrogen (secondary N) is 1. The normalized spacial score (nSPS) is 10.8. The lowest BCUT2D eigenvalue weighted by Gasteiger charge is -2.07. The van der Waals surface area contributed by atoms with Crippen molar-refractivity contribution in [1.29, 1.82) is 0 Å². The average molecular weight is 286 g/mol. The number of pyridine rings is 2. The minimum absolute atomic E-state index is 0.0801. The summed E-state index contributed by atoms with van der Waals surface area (Å²) in [6.45, 7) is 1.34. The van der Waals surface area contributed by atoms with Gasteiger partial charge in [-0.15, -0.1) is 0 Å². The van der Waals surface area contributed by atoms with E-state index in [2.05, 4.69) is 20.5 Å². The van der Waals surface area contributed by atoms with E-state index in [9.17, 15) is 15.0 Å². The molecule has 2 aromatic rings. The number of rotatable bonds is 4. The van der Waals surface area contributed by atoms with E-state index in [1.807, 2.05) is 0 Å². The summed E-state index contributed by atoms with van der Waals surface area (Å²) in [5.74, 6) is -0.479. The number of hydrogen-bond acceptors (Lipinski definition) is 6. The van der Waals surface area contributed by atoms with E-state index >= 15 is 0 Å². The highest BCUT2D eigenvalue weighted by Gasteiger charge is 2.09. The molecule has 0 radical (unpaired) electrons. The van der Waals surface area contributed by atoms with Crippen molar-refractivity contribution in [3.8, 4) is 5.75 Å². The van der Waals surface area contributed by atoms with Crippen molar-refractivity contribution in [2.45, 2.75) is 13.5 Å². The highest BCUT2D eigenvalue weighted by molar-refractivity contribution is 5.95. The summed E-state index contributed by atoms with van der Waals surface area (Å²) in [6.07, 6.45) is 5.72. The quantitative estimate of drug-likeness (QED) is 0.567. The Kier molecular flexibility index (Phi) is 4.57. The number of nitrogens with zero attached hydrogens (tertiary/aromatic N) is 3. The van der Waals surface area contributed by atoms with Gasteiger partial charge in [0.15, 0.2) is 0 Å². The van der Waals surface area contributed by atoms with Gasteiger partial charge in [0.25, 0.3) is 5.91 Å². The van der Waals surface area contributed by atoms with Crippen LogP contribution in [0.5, 0.6) is 5.75 Å². The molecule has 2 aromatic heterocycles. The minimum Gasteiger partial charge on any atom is -0.505 e. The van der Waals surface area contributed by atoms with E-state index in [0.29, 0.717) is 22.4 Å². The molecule has 0 aliphatic heterocycles. The van der Waals surface area contributed by atoms with Crippen LogP contribution in [0.4, 0.5) is 0 Å². The van der Waals surface area contributed by atoms with Crippen LogP contribution in [0.15, 0.2) is 35.8 Å². The maximum absolute atomic E-state index is 11.8. The Hall–Kier alpha value is -2.80. The predicted octanol–water partition coefficient (Wildman–Crippen LogP) is 0.747. The fourth-order valence-corrected chi connectivity index (χ4v) is 1.65. The van der Waals surface area contributed by atoms with Crippen LogP contribution in [-0.2, 0) is 6.61 Å². The van der Waals surface area contributed by atoms with Crippen molar-refractivity contribution in [1.82, 2.24) is 15.4 Å². The summed E-state index contributed by atoms with van der Waals surface area (Å²) in [5.41, 5.74) is 3.90. The van der Waals surface area contributed by atoms with Gasteiger partial charge in [-0.05, 0) is 19.1 Å². The second-order valence-corrected chi connectivity index (χ2v) is 4.22. The third-order valence-electron chi connectivity index (χ3n) is 2.83. The maximum atomic E-state index is 11.8. The van der Waals surface area contributed by atoms with E-state index in [1.165, 1.54) is 24.8 Å². The lowest BCUT2D eigenvalue weighted by molar-refractivity contribution is 0.0955. The molecule has 7 nitrogen and oxygen atoms in total. The summed E-state index contributed by atoms with van der Waals surface area (Å²) in [5, 5.41) is 22.9. The second-order valence-electron chi connectivity index (χ2n) is 4.22. The number of aromatic nitrogens is 2. The fraction of sp³-hybridized carbons (Fsp3) is 0.143. The Balaban J connectivity index is 2.15. The second kappa shape index (κ2) is 6.58. The van der Waals surface area contributed by atoms with Crippen LogP contribution in [0, 0.1) is 6.92 Å². The Morgan fingerprint density at radius 1 is 1.43 bits per heavy atom. The first-order valence-electron chi connectivity index (χ1n) is 6.15. The zero-order valence-electron chi connectivity index (χ0n) is 11.3. The first-order valence-corrected chi connectivity index (χ1v) is 6.15. The first kappa shape index (κ1) is 14.6. The SMILES string of the molecule is Cc1ncc(CO)c(/C=N/NC(=O)c2ccncc2)c1O. The third kappa shape index (κ3) is 3.40. The van der Waals surface area contributed by atoms with Crippen LogP contribution < -0.4 is 5.43 Å². The van der Waals surface area contributed by atoms with Gasteiger partial charge in [0.2, 0.25) is 0 Å². The largest absolute Gasteiger partial charge is 0.505 e. The number of aromatic hydroxyl groups is 1. The summed E-state index contributed by atoms with van der Waals surface area (Å²) in [6, 6.07) is 3.11. The molecule has 0 fully saturated rings. The van der Waals surface area contributed by atoms with Crippen molar-refractivity contribution >= 4 is 12.1 Å². The molecule has 2 heterocycles. The number of aryl methyl sites for hydroxylation is 1. The topological polar surface area (TPSA) is 108 Å².